The maximum absolute atomic E-state index is 12.2. The molecular weight excluding hydrogens is 294 g/mol. The summed E-state index contributed by atoms with van der Waals surface area (Å²) in [5.41, 5.74) is 2.00. The summed E-state index contributed by atoms with van der Waals surface area (Å²) in [6.45, 7) is 7.99. The predicted molar refractivity (Wildman–Crippen MR) is 87.6 cm³/mol. The number of hydrogen-bond acceptors (Lipinski definition) is 4. The Morgan fingerprint density at radius 3 is 2.74 bits per heavy atom. The molecule has 0 aliphatic carbocycles. The average Bonchev–Trinajstić information content (AvgIpc) is 3.04. The highest BCUT2D eigenvalue weighted by Crippen LogP contribution is 2.16. The minimum absolute atomic E-state index is 0.139. The lowest BCUT2D eigenvalue weighted by atomic mass is 10.1. The van der Waals surface area contributed by atoms with Crippen LogP contribution in [0.25, 0.3) is 5.65 Å². The Balaban J connectivity index is 1.75. The molecule has 120 valence electrons. The van der Waals surface area contributed by atoms with Gasteiger partial charge in [-0.25, -0.2) is 9.78 Å². The summed E-state index contributed by atoms with van der Waals surface area (Å²) in [6, 6.07) is 3.17. The number of nitrogens with zero attached hydrogens (tertiary/aromatic N) is 5. The molecule has 0 atom stereocenters. The molecule has 3 rings (SSSR count). The van der Waals surface area contributed by atoms with Gasteiger partial charge < -0.3 is 5.32 Å². The van der Waals surface area contributed by atoms with Gasteiger partial charge in [0.25, 0.3) is 0 Å². The van der Waals surface area contributed by atoms with Gasteiger partial charge in [-0.2, -0.15) is 14.7 Å². The van der Waals surface area contributed by atoms with Gasteiger partial charge in [-0.3, -0.25) is 10.00 Å². The Bertz CT molecular complexity index is 856. The van der Waals surface area contributed by atoms with Gasteiger partial charge in [-0.15, -0.1) is 0 Å². The molecular formula is C15H19N7O. The van der Waals surface area contributed by atoms with Gasteiger partial charge in [0.15, 0.2) is 5.65 Å². The van der Waals surface area contributed by atoms with Crippen molar-refractivity contribution in [2.75, 3.05) is 10.6 Å². The summed E-state index contributed by atoms with van der Waals surface area (Å²) in [5.74, 6) is 0.545. The van der Waals surface area contributed by atoms with E-state index >= 15 is 0 Å². The number of fused-ring (bicyclic) bond motifs is 1. The van der Waals surface area contributed by atoms with Crippen LogP contribution >= 0.6 is 0 Å². The van der Waals surface area contributed by atoms with Crippen LogP contribution in [0, 0.1) is 6.92 Å². The van der Waals surface area contributed by atoms with Crippen molar-refractivity contribution >= 4 is 23.2 Å². The number of carbonyl (C=O) groups is 1. The first-order valence-corrected chi connectivity index (χ1v) is 7.27. The number of aromatic nitrogens is 5. The van der Waals surface area contributed by atoms with E-state index < -0.39 is 0 Å². The first-order chi connectivity index (χ1) is 10.8. The molecule has 0 unspecified atom stereocenters. The second kappa shape index (κ2) is 5.38. The zero-order valence-corrected chi connectivity index (χ0v) is 13.5. The van der Waals surface area contributed by atoms with E-state index in [-0.39, 0.29) is 11.6 Å². The molecule has 3 aromatic heterocycles. The number of anilines is 2. The number of hydrogen-bond donors (Lipinski definition) is 2. The van der Waals surface area contributed by atoms with Crippen LogP contribution in [0.2, 0.25) is 0 Å². The van der Waals surface area contributed by atoms with Crippen LogP contribution in [-0.2, 0) is 5.54 Å². The third-order valence-corrected chi connectivity index (χ3v) is 3.25. The Morgan fingerprint density at radius 2 is 2.04 bits per heavy atom. The summed E-state index contributed by atoms with van der Waals surface area (Å²) >= 11 is 0. The van der Waals surface area contributed by atoms with E-state index in [4.69, 9.17) is 0 Å². The Kier molecular flexibility index (Phi) is 3.51. The Morgan fingerprint density at radius 1 is 1.26 bits per heavy atom. The van der Waals surface area contributed by atoms with Gasteiger partial charge in [0, 0.05) is 18.5 Å². The SMILES string of the molecule is Cc1cc2nccc(NC(=O)Nc3cnn(C(C)(C)C)c3)n2n1. The first kappa shape index (κ1) is 15.0. The number of nitrogens with one attached hydrogen (secondary N) is 2. The zero-order chi connectivity index (χ0) is 16.6. The molecule has 0 bridgehead atoms. The minimum Gasteiger partial charge on any atom is -0.305 e. The molecule has 3 heterocycles. The summed E-state index contributed by atoms with van der Waals surface area (Å²) in [6.07, 6.45) is 5.04. The van der Waals surface area contributed by atoms with Crippen molar-refractivity contribution in [3.05, 3.63) is 36.4 Å². The predicted octanol–water partition coefficient (Wildman–Crippen LogP) is 2.63. The summed E-state index contributed by atoms with van der Waals surface area (Å²) < 4.78 is 3.39. The van der Waals surface area contributed by atoms with Crippen molar-refractivity contribution in [2.45, 2.75) is 33.2 Å². The van der Waals surface area contributed by atoms with Crippen molar-refractivity contribution in [1.29, 1.82) is 0 Å². The highest BCUT2D eigenvalue weighted by Gasteiger charge is 2.15. The third kappa shape index (κ3) is 3.15. The van der Waals surface area contributed by atoms with Crippen LogP contribution < -0.4 is 10.6 Å². The smallest absolute Gasteiger partial charge is 0.305 e. The molecule has 2 N–H and O–H groups in total. The van der Waals surface area contributed by atoms with Crippen molar-refractivity contribution in [1.82, 2.24) is 24.4 Å². The maximum Gasteiger partial charge on any atom is 0.324 e. The summed E-state index contributed by atoms with van der Waals surface area (Å²) in [7, 11) is 0. The molecule has 0 fully saturated rings. The van der Waals surface area contributed by atoms with Crippen LogP contribution in [0.15, 0.2) is 30.7 Å². The summed E-state index contributed by atoms with van der Waals surface area (Å²) in [4.78, 5) is 16.4. The second-order valence-corrected chi connectivity index (χ2v) is 6.31. The molecule has 8 nitrogen and oxygen atoms in total. The van der Waals surface area contributed by atoms with Crippen LogP contribution in [-0.4, -0.2) is 30.4 Å². The van der Waals surface area contributed by atoms with E-state index in [1.807, 2.05) is 33.8 Å². The van der Waals surface area contributed by atoms with E-state index in [2.05, 4.69) is 25.8 Å². The molecule has 0 saturated heterocycles. The third-order valence-electron chi connectivity index (χ3n) is 3.25. The van der Waals surface area contributed by atoms with E-state index in [0.29, 0.717) is 17.2 Å². The van der Waals surface area contributed by atoms with Crippen LogP contribution in [0.5, 0.6) is 0 Å². The number of urea groups is 1. The van der Waals surface area contributed by atoms with E-state index in [0.717, 1.165) is 5.69 Å². The Labute approximate surface area is 133 Å². The molecule has 3 aromatic rings. The van der Waals surface area contributed by atoms with E-state index in [1.165, 1.54) is 0 Å². The van der Waals surface area contributed by atoms with Crippen molar-refractivity contribution in [2.24, 2.45) is 0 Å². The van der Waals surface area contributed by atoms with Gasteiger partial charge >= 0.3 is 6.03 Å². The van der Waals surface area contributed by atoms with Gasteiger partial charge in [0.2, 0.25) is 0 Å². The largest absolute Gasteiger partial charge is 0.324 e. The molecule has 0 saturated carbocycles. The highest BCUT2D eigenvalue weighted by atomic mass is 16.2. The number of aryl methyl sites for hydroxylation is 1. The first-order valence-electron chi connectivity index (χ1n) is 7.27. The normalized spacial score (nSPS) is 11.7. The maximum atomic E-state index is 12.2. The van der Waals surface area contributed by atoms with Gasteiger partial charge in [0.05, 0.1) is 23.1 Å². The Hall–Kier alpha value is -2.90. The molecule has 2 amide bonds. The van der Waals surface area contributed by atoms with Crippen molar-refractivity contribution in [3.8, 4) is 0 Å². The molecule has 0 spiro atoms. The van der Waals surface area contributed by atoms with E-state index in [9.17, 15) is 4.79 Å². The lowest BCUT2D eigenvalue weighted by molar-refractivity contribution is 0.262. The molecule has 0 aromatic carbocycles. The van der Waals surface area contributed by atoms with Gasteiger partial charge in [0.1, 0.15) is 5.82 Å². The molecule has 0 radical (unpaired) electrons. The monoisotopic (exact) mass is 313 g/mol. The van der Waals surface area contributed by atoms with Crippen LogP contribution in [0.3, 0.4) is 0 Å². The van der Waals surface area contributed by atoms with Crippen molar-refractivity contribution in [3.63, 3.8) is 0 Å². The lowest BCUT2D eigenvalue weighted by Gasteiger charge is -2.18. The second-order valence-electron chi connectivity index (χ2n) is 6.31. The fraction of sp³-hybridized carbons (Fsp3) is 0.333. The average molecular weight is 313 g/mol. The number of carbonyl (C=O) groups excluding carboxylic acids is 1. The van der Waals surface area contributed by atoms with Crippen molar-refractivity contribution < 1.29 is 4.79 Å². The van der Waals surface area contributed by atoms with Gasteiger partial charge in [-0.05, 0) is 33.8 Å². The molecule has 0 aliphatic heterocycles. The van der Waals surface area contributed by atoms with E-state index in [1.54, 1.807) is 33.9 Å². The fourth-order valence-corrected chi connectivity index (χ4v) is 2.14. The van der Waals surface area contributed by atoms with Crippen LogP contribution in [0.1, 0.15) is 26.5 Å². The van der Waals surface area contributed by atoms with Gasteiger partial charge in [-0.1, -0.05) is 0 Å². The highest BCUT2D eigenvalue weighted by molar-refractivity contribution is 5.99. The quantitative estimate of drug-likeness (QED) is 0.761. The molecule has 8 heteroatoms. The lowest BCUT2D eigenvalue weighted by Crippen LogP contribution is -2.23. The number of rotatable bonds is 2. The standard InChI is InChI=1S/C15H19N7O/c1-10-7-13-16-6-5-12(22(13)20-10)19-14(23)18-11-8-17-21(9-11)15(2,3)4/h5-9H,1-4H3,(H2,18,19,23). The summed E-state index contributed by atoms with van der Waals surface area (Å²) in [5, 5.41) is 14.1. The molecule has 23 heavy (non-hydrogen) atoms. The number of amides is 2. The minimum atomic E-state index is -0.362. The van der Waals surface area contributed by atoms with Crippen LogP contribution in [0.4, 0.5) is 16.3 Å². The topological polar surface area (TPSA) is 89.1 Å². The molecule has 0 aliphatic rings. The fourth-order valence-electron chi connectivity index (χ4n) is 2.14. The zero-order valence-electron chi connectivity index (χ0n) is 13.5.